The molecule has 3 aliphatic rings. The molecule has 8 atom stereocenters. The van der Waals surface area contributed by atoms with Crippen LogP contribution in [0.25, 0.3) is 0 Å². The molecule has 1 fully saturated rings. The first-order valence-electron chi connectivity index (χ1n) is 14.6. The number of hydrogen-bond donors (Lipinski definition) is 1. The van der Waals surface area contributed by atoms with Crippen LogP contribution in [-0.2, 0) is 18.4 Å². The van der Waals surface area contributed by atoms with Crippen molar-refractivity contribution in [2.75, 3.05) is 0 Å². The highest BCUT2D eigenvalue weighted by molar-refractivity contribution is 6.48. The van der Waals surface area contributed by atoms with E-state index in [1.807, 2.05) is 0 Å². The van der Waals surface area contributed by atoms with Gasteiger partial charge >= 0.3 is 5.97 Å². The molecule has 5 nitrogen and oxygen atoms in total. The topological polar surface area (TPSA) is 65.0 Å². The third kappa shape index (κ3) is 6.89. The Morgan fingerprint density at radius 3 is 2.24 bits per heavy atom. The Bertz CT molecular complexity index is 868. The van der Waals surface area contributed by atoms with Gasteiger partial charge in [0.1, 0.15) is 12.2 Å². The number of carbonyl (C=O) groups is 1. The zero-order chi connectivity index (χ0) is 27.9. The molecule has 2 aliphatic carbocycles. The molecule has 1 unspecified atom stereocenters. The molecule has 0 aromatic heterocycles. The van der Waals surface area contributed by atoms with Gasteiger partial charge < -0.3 is 18.7 Å². The molecule has 0 saturated carbocycles. The van der Waals surface area contributed by atoms with Crippen LogP contribution in [0.5, 0.6) is 0 Å². The first kappa shape index (κ1) is 30.8. The third-order valence-corrected chi connectivity index (χ3v) is 10.6. The Labute approximate surface area is 229 Å². The molecule has 3 rings (SSSR count). The van der Waals surface area contributed by atoms with Gasteiger partial charge in [-0.25, -0.2) is 4.79 Å². The van der Waals surface area contributed by atoms with Gasteiger partial charge in [-0.05, 0) is 74.2 Å². The zero-order valence-electron chi connectivity index (χ0n) is 25.3. The molecular weight excluding hydrogens is 496 g/mol. The smallest absolute Gasteiger partial charge is 0.334 e. The molecule has 37 heavy (non-hydrogen) atoms. The summed E-state index contributed by atoms with van der Waals surface area (Å²) in [5.74, 6) is 0.368. The second kappa shape index (κ2) is 11.4. The first-order chi connectivity index (χ1) is 17.0. The van der Waals surface area contributed by atoms with Gasteiger partial charge in [-0.1, -0.05) is 66.7 Å². The van der Waals surface area contributed by atoms with E-state index in [0.29, 0.717) is 5.92 Å². The van der Waals surface area contributed by atoms with Crippen LogP contribution >= 0.6 is 0 Å². The number of fused-ring (bicyclic) bond motifs is 1. The van der Waals surface area contributed by atoms with Crippen LogP contribution in [0.2, 0.25) is 26.2 Å². The summed E-state index contributed by atoms with van der Waals surface area (Å²) in [5, 5.41) is 11.6. The van der Waals surface area contributed by atoms with Crippen molar-refractivity contribution in [3.05, 3.63) is 23.8 Å². The average Bonchev–Trinajstić information content (AvgIpc) is 2.73. The highest BCUT2D eigenvalue weighted by Gasteiger charge is 2.53. The molecule has 0 radical (unpaired) electrons. The van der Waals surface area contributed by atoms with Crippen LogP contribution in [0.1, 0.15) is 74.1 Å². The Balaban J connectivity index is 1.90. The predicted octanol–water partition coefficient (Wildman–Crippen LogP) is 6.03. The lowest BCUT2D eigenvalue weighted by atomic mass is 9.60. The maximum atomic E-state index is 13.2. The largest absolute Gasteiger partial charge is 0.460 e. The highest BCUT2D eigenvalue weighted by atomic mass is 28.3. The number of carbonyl (C=O) groups excluding carboxylic acids is 1. The Morgan fingerprint density at radius 1 is 1.05 bits per heavy atom. The van der Waals surface area contributed by atoms with Crippen molar-refractivity contribution in [2.45, 2.75) is 124 Å². The second-order valence-corrected chi connectivity index (χ2v) is 19.3. The fourth-order valence-electron chi connectivity index (χ4n) is 6.82. The Morgan fingerprint density at radius 2 is 1.70 bits per heavy atom. The number of rotatable bonds is 7. The number of esters is 1. The summed E-state index contributed by atoms with van der Waals surface area (Å²) in [6.45, 7) is 24.3. The van der Waals surface area contributed by atoms with Gasteiger partial charge in [0.2, 0.25) is 0 Å². The highest BCUT2D eigenvalue weighted by Crippen LogP contribution is 2.51. The van der Waals surface area contributed by atoms with Gasteiger partial charge in [-0.2, -0.15) is 0 Å². The van der Waals surface area contributed by atoms with E-state index in [1.54, 1.807) is 0 Å². The number of hydrogen-bond acceptors (Lipinski definition) is 5. The molecule has 0 aromatic carbocycles. The molecule has 0 spiro atoms. The van der Waals surface area contributed by atoms with Gasteiger partial charge in [-0.15, -0.1) is 0 Å². The van der Waals surface area contributed by atoms with Crippen LogP contribution in [0.15, 0.2) is 23.8 Å². The molecule has 0 aromatic rings. The zero-order valence-corrected chi connectivity index (χ0v) is 27.6. The van der Waals surface area contributed by atoms with E-state index in [1.165, 1.54) is 5.57 Å². The Kier molecular flexibility index (Phi) is 9.49. The summed E-state index contributed by atoms with van der Waals surface area (Å²) in [6.07, 6.45) is 8.90. The van der Waals surface area contributed by atoms with Crippen molar-refractivity contribution < 1.29 is 23.5 Å². The van der Waals surface area contributed by atoms with Crippen molar-refractivity contribution in [3.63, 3.8) is 0 Å². The van der Waals surface area contributed by atoms with Crippen molar-refractivity contribution in [1.82, 2.24) is 0 Å². The summed E-state index contributed by atoms with van der Waals surface area (Å²) in [4.78, 5) is 13.2. The molecule has 1 aliphatic heterocycles. The van der Waals surface area contributed by atoms with Crippen molar-refractivity contribution >= 4 is 24.0 Å². The quantitative estimate of drug-likeness (QED) is 0.310. The van der Waals surface area contributed by atoms with Crippen LogP contribution in [0.3, 0.4) is 0 Å². The van der Waals surface area contributed by atoms with Crippen molar-refractivity contribution in [1.29, 1.82) is 0 Å². The summed E-state index contributed by atoms with van der Waals surface area (Å²) >= 11 is 0. The molecule has 212 valence electrons. The monoisotopic (exact) mass is 550 g/mol. The van der Waals surface area contributed by atoms with Gasteiger partial charge in [0.05, 0.1) is 11.7 Å². The van der Waals surface area contributed by atoms with E-state index >= 15 is 0 Å². The van der Waals surface area contributed by atoms with Crippen LogP contribution < -0.4 is 0 Å². The third-order valence-electron chi connectivity index (χ3n) is 8.86. The fraction of sp³-hybridized carbons (Fsp3) is 0.833. The average molecular weight is 551 g/mol. The maximum Gasteiger partial charge on any atom is 0.334 e. The predicted molar refractivity (Wildman–Crippen MR) is 157 cm³/mol. The van der Waals surface area contributed by atoms with Gasteiger partial charge in [-0.3, -0.25) is 0 Å². The molecule has 7 heteroatoms. The Hall–Kier alpha value is -0.736. The van der Waals surface area contributed by atoms with Crippen LogP contribution in [0.4, 0.5) is 0 Å². The van der Waals surface area contributed by atoms with Gasteiger partial charge in [0.25, 0.3) is 0 Å². The standard InChI is InChI=1S/C30H54O5Si2/c1-19-12-13-20-16-21(28(2,3)4)17-24(31)25(20)30(19,35-37(10)11)15-14-22-18-23(29(5,6)7)26(27(32)33-22)34-36(8)9/h12-13,16,19,21-26,31,36-37H,14-15,17-18H2,1-11H3/t19-,21+,22+,23-,24-,25+,26?,30-/m0/s1. The summed E-state index contributed by atoms with van der Waals surface area (Å²) in [6, 6.07) is 0. The molecular formula is C30H54O5Si2. The number of aliphatic hydroxyl groups excluding tert-OH is 1. The number of aliphatic hydroxyl groups is 1. The number of ether oxygens (including phenoxy) is 1. The van der Waals surface area contributed by atoms with E-state index in [2.05, 4.69) is 92.9 Å². The minimum Gasteiger partial charge on any atom is -0.460 e. The molecule has 1 saturated heterocycles. The van der Waals surface area contributed by atoms with Gasteiger partial charge in [0.15, 0.2) is 18.1 Å². The van der Waals surface area contributed by atoms with E-state index in [9.17, 15) is 9.90 Å². The molecule has 1 N–H and O–H groups in total. The van der Waals surface area contributed by atoms with E-state index in [-0.39, 0.29) is 40.7 Å². The van der Waals surface area contributed by atoms with E-state index in [4.69, 9.17) is 13.6 Å². The summed E-state index contributed by atoms with van der Waals surface area (Å²) in [7, 11) is -2.83. The molecule has 0 bridgehead atoms. The minimum atomic E-state index is -1.44. The van der Waals surface area contributed by atoms with Crippen molar-refractivity contribution in [2.24, 2.45) is 34.5 Å². The normalized spacial score (nSPS) is 37.0. The fourth-order valence-corrected chi connectivity index (χ4v) is 9.07. The molecule has 0 amide bonds. The second-order valence-electron chi connectivity index (χ2n) is 14.6. The van der Waals surface area contributed by atoms with Crippen LogP contribution in [0, 0.1) is 34.5 Å². The number of cyclic esters (lactones) is 1. The first-order valence-corrected chi connectivity index (χ1v) is 20.1. The number of allylic oxidation sites excluding steroid dienone is 2. The summed E-state index contributed by atoms with van der Waals surface area (Å²) < 4.78 is 19.2. The lowest BCUT2D eigenvalue weighted by Crippen LogP contribution is -2.57. The van der Waals surface area contributed by atoms with E-state index < -0.39 is 35.9 Å². The molecule has 1 heterocycles. The maximum absolute atomic E-state index is 13.2. The van der Waals surface area contributed by atoms with Crippen molar-refractivity contribution in [3.8, 4) is 0 Å². The lowest BCUT2D eigenvalue weighted by molar-refractivity contribution is -0.178. The van der Waals surface area contributed by atoms with Gasteiger partial charge in [0, 0.05) is 17.8 Å². The van der Waals surface area contributed by atoms with E-state index in [0.717, 1.165) is 25.7 Å². The lowest BCUT2D eigenvalue weighted by Gasteiger charge is -2.53. The minimum absolute atomic E-state index is 0.0526. The summed E-state index contributed by atoms with van der Waals surface area (Å²) in [5.41, 5.74) is 0.783. The van der Waals surface area contributed by atoms with Crippen LogP contribution in [-0.4, -0.2) is 53.1 Å². The SMILES string of the molecule is C[C@H]1C=CC2=C[C@@H](C(C)(C)C)C[C@H](O)[C@@H]2[C@@]1(CC[C@@H]1C[C@H](C(C)(C)C)C(O[SiH](C)C)C(=O)O1)O[SiH](C)C.